The molecule has 2 N–H and O–H groups in total. The van der Waals surface area contributed by atoms with Crippen LogP contribution in [0, 0.1) is 5.92 Å². The van der Waals surface area contributed by atoms with Crippen LogP contribution in [-0.4, -0.2) is 26.2 Å². The zero-order chi connectivity index (χ0) is 11.0. The van der Waals surface area contributed by atoms with E-state index in [0.717, 1.165) is 24.8 Å². The molecule has 0 aliphatic carbocycles. The summed E-state index contributed by atoms with van der Waals surface area (Å²) in [5, 5.41) is 7.08. The molecular formula is C13H18N2O. The third-order valence-electron chi connectivity index (χ3n) is 3.77. The standard InChI is InChI=1S/C13H18N2O/c1-16-12-4-2-3-10-7-9-5-6-14-8-11(9)15-13(10)12/h2-4,9,11,14-15H,5-8H2,1H3. The quantitative estimate of drug-likeness (QED) is 0.752. The number of methoxy groups -OCH3 is 1. The van der Waals surface area contributed by atoms with Crippen LogP contribution in [0.4, 0.5) is 5.69 Å². The maximum absolute atomic E-state index is 5.41. The first-order chi connectivity index (χ1) is 7.88. The summed E-state index contributed by atoms with van der Waals surface area (Å²) in [6.45, 7) is 2.23. The van der Waals surface area contributed by atoms with Crippen LogP contribution >= 0.6 is 0 Å². The number of fused-ring (bicyclic) bond motifs is 2. The van der Waals surface area contributed by atoms with E-state index in [0.29, 0.717) is 6.04 Å². The molecule has 0 saturated carbocycles. The first-order valence-electron chi connectivity index (χ1n) is 6.01. The number of benzene rings is 1. The van der Waals surface area contributed by atoms with Crippen LogP contribution in [0.1, 0.15) is 12.0 Å². The molecular weight excluding hydrogens is 200 g/mol. The molecule has 1 aromatic rings. The van der Waals surface area contributed by atoms with Crippen LogP contribution < -0.4 is 15.4 Å². The summed E-state index contributed by atoms with van der Waals surface area (Å²) in [6.07, 6.45) is 2.46. The second-order valence-electron chi connectivity index (χ2n) is 4.70. The second-order valence-corrected chi connectivity index (χ2v) is 4.70. The Morgan fingerprint density at radius 3 is 3.19 bits per heavy atom. The average molecular weight is 218 g/mol. The van der Waals surface area contributed by atoms with E-state index < -0.39 is 0 Å². The van der Waals surface area contributed by atoms with Crippen molar-refractivity contribution in [2.45, 2.75) is 18.9 Å². The number of nitrogens with one attached hydrogen (secondary N) is 2. The molecule has 0 bridgehead atoms. The third-order valence-corrected chi connectivity index (χ3v) is 3.77. The molecule has 3 heteroatoms. The predicted molar refractivity (Wildman–Crippen MR) is 65.1 cm³/mol. The molecule has 0 spiro atoms. The molecule has 3 nitrogen and oxygen atoms in total. The maximum Gasteiger partial charge on any atom is 0.142 e. The van der Waals surface area contributed by atoms with Gasteiger partial charge in [0.15, 0.2) is 0 Å². The fourth-order valence-corrected chi connectivity index (χ4v) is 2.87. The molecule has 0 amide bonds. The molecule has 1 fully saturated rings. The van der Waals surface area contributed by atoms with Gasteiger partial charge in [-0.15, -0.1) is 0 Å². The Bertz CT molecular complexity index is 392. The van der Waals surface area contributed by atoms with E-state index in [1.165, 1.54) is 24.1 Å². The zero-order valence-corrected chi connectivity index (χ0v) is 9.62. The van der Waals surface area contributed by atoms with Gasteiger partial charge in [-0.1, -0.05) is 12.1 Å². The Labute approximate surface area is 96.2 Å². The van der Waals surface area contributed by atoms with E-state index in [1.54, 1.807) is 7.11 Å². The minimum Gasteiger partial charge on any atom is -0.495 e. The van der Waals surface area contributed by atoms with Crippen molar-refractivity contribution in [1.82, 2.24) is 5.32 Å². The van der Waals surface area contributed by atoms with Gasteiger partial charge in [0.2, 0.25) is 0 Å². The van der Waals surface area contributed by atoms with Gasteiger partial charge in [-0.3, -0.25) is 0 Å². The predicted octanol–water partition coefficient (Wildman–Crippen LogP) is 1.64. The van der Waals surface area contributed by atoms with Crippen LogP contribution in [0.25, 0.3) is 0 Å². The summed E-state index contributed by atoms with van der Waals surface area (Å²) in [5.41, 5.74) is 2.61. The van der Waals surface area contributed by atoms with Gasteiger partial charge in [-0.05, 0) is 36.9 Å². The van der Waals surface area contributed by atoms with E-state index in [4.69, 9.17) is 4.74 Å². The van der Waals surface area contributed by atoms with E-state index in [2.05, 4.69) is 22.8 Å². The number of rotatable bonds is 1. The molecule has 2 aliphatic heterocycles. The fraction of sp³-hybridized carbons (Fsp3) is 0.538. The van der Waals surface area contributed by atoms with Crippen molar-refractivity contribution >= 4 is 5.69 Å². The molecule has 1 aromatic carbocycles. The lowest BCUT2D eigenvalue weighted by Gasteiger charge is -2.38. The van der Waals surface area contributed by atoms with Crippen LogP contribution in [-0.2, 0) is 6.42 Å². The largest absolute Gasteiger partial charge is 0.495 e. The average Bonchev–Trinajstić information content (AvgIpc) is 2.35. The van der Waals surface area contributed by atoms with Crippen molar-refractivity contribution in [1.29, 1.82) is 0 Å². The summed E-state index contributed by atoms with van der Waals surface area (Å²) in [5.74, 6) is 1.75. The number of hydrogen-bond acceptors (Lipinski definition) is 3. The third kappa shape index (κ3) is 1.55. The number of ether oxygens (including phenoxy) is 1. The fourth-order valence-electron chi connectivity index (χ4n) is 2.87. The Morgan fingerprint density at radius 2 is 2.31 bits per heavy atom. The molecule has 2 heterocycles. The monoisotopic (exact) mass is 218 g/mol. The lowest BCUT2D eigenvalue weighted by molar-refractivity contribution is 0.327. The van der Waals surface area contributed by atoms with Crippen molar-refractivity contribution in [2.75, 3.05) is 25.5 Å². The summed E-state index contributed by atoms with van der Waals surface area (Å²) in [4.78, 5) is 0. The molecule has 16 heavy (non-hydrogen) atoms. The van der Waals surface area contributed by atoms with Crippen LogP contribution in [0.3, 0.4) is 0 Å². The molecule has 2 aliphatic rings. The molecule has 86 valence electrons. The SMILES string of the molecule is COc1cccc2c1NC1CNCCC1C2. The Hall–Kier alpha value is -1.22. The van der Waals surface area contributed by atoms with Crippen LogP contribution in [0.5, 0.6) is 5.75 Å². The van der Waals surface area contributed by atoms with Crippen molar-refractivity contribution in [3.63, 3.8) is 0 Å². The normalized spacial score (nSPS) is 27.6. The molecule has 0 radical (unpaired) electrons. The molecule has 2 unspecified atom stereocenters. The highest BCUT2D eigenvalue weighted by atomic mass is 16.5. The van der Waals surface area contributed by atoms with Gasteiger partial charge in [-0.25, -0.2) is 0 Å². The summed E-state index contributed by atoms with van der Waals surface area (Å²) in [7, 11) is 1.74. The van der Waals surface area contributed by atoms with Gasteiger partial charge in [0.1, 0.15) is 5.75 Å². The van der Waals surface area contributed by atoms with Crippen LogP contribution in [0.15, 0.2) is 18.2 Å². The van der Waals surface area contributed by atoms with Crippen molar-refractivity contribution < 1.29 is 4.74 Å². The minimum absolute atomic E-state index is 0.567. The molecule has 0 aromatic heterocycles. The number of para-hydroxylation sites is 1. The summed E-state index contributed by atoms with van der Waals surface area (Å²) in [6, 6.07) is 6.89. The van der Waals surface area contributed by atoms with Crippen molar-refractivity contribution in [3.05, 3.63) is 23.8 Å². The lowest BCUT2D eigenvalue weighted by atomic mass is 9.83. The van der Waals surface area contributed by atoms with Crippen molar-refractivity contribution in [3.8, 4) is 5.75 Å². The number of piperidine rings is 1. The maximum atomic E-state index is 5.41. The first-order valence-corrected chi connectivity index (χ1v) is 6.01. The van der Waals surface area contributed by atoms with E-state index in [1.807, 2.05) is 6.07 Å². The highest BCUT2D eigenvalue weighted by Crippen LogP contribution is 2.37. The van der Waals surface area contributed by atoms with Gasteiger partial charge in [-0.2, -0.15) is 0 Å². The van der Waals surface area contributed by atoms with Gasteiger partial charge in [0.05, 0.1) is 12.8 Å². The first kappa shape index (κ1) is 9.97. The van der Waals surface area contributed by atoms with E-state index in [9.17, 15) is 0 Å². The Morgan fingerprint density at radius 1 is 1.38 bits per heavy atom. The highest BCUT2D eigenvalue weighted by molar-refractivity contribution is 5.64. The molecule has 2 atom stereocenters. The molecule has 3 rings (SSSR count). The van der Waals surface area contributed by atoms with E-state index >= 15 is 0 Å². The molecule has 1 saturated heterocycles. The second kappa shape index (κ2) is 3.98. The minimum atomic E-state index is 0.567. The lowest BCUT2D eigenvalue weighted by Crippen LogP contribution is -2.48. The zero-order valence-electron chi connectivity index (χ0n) is 9.62. The number of anilines is 1. The van der Waals surface area contributed by atoms with Gasteiger partial charge < -0.3 is 15.4 Å². The topological polar surface area (TPSA) is 33.3 Å². The number of hydrogen-bond donors (Lipinski definition) is 2. The van der Waals surface area contributed by atoms with E-state index in [-0.39, 0.29) is 0 Å². The Balaban J connectivity index is 1.95. The van der Waals surface area contributed by atoms with Gasteiger partial charge >= 0.3 is 0 Å². The van der Waals surface area contributed by atoms with Crippen LogP contribution in [0.2, 0.25) is 0 Å². The smallest absolute Gasteiger partial charge is 0.142 e. The van der Waals surface area contributed by atoms with Gasteiger partial charge in [0, 0.05) is 12.6 Å². The Kier molecular flexibility index (Phi) is 2.48. The summed E-state index contributed by atoms with van der Waals surface area (Å²) < 4.78 is 5.41. The summed E-state index contributed by atoms with van der Waals surface area (Å²) >= 11 is 0. The van der Waals surface area contributed by atoms with Gasteiger partial charge in [0.25, 0.3) is 0 Å². The van der Waals surface area contributed by atoms with Crippen molar-refractivity contribution in [2.24, 2.45) is 5.92 Å². The highest BCUT2D eigenvalue weighted by Gasteiger charge is 2.31.